The van der Waals surface area contributed by atoms with Gasteiger partial charge in [0.25, 0.3) is 0 Å². The first-order valence-electron chi connectivity index (χ1n) is 7.29. The topological polar surface area (TPSA) is 46.0 Å². The molecule has 0 saturated carbocycles. The van der Waals surface area contributed by atoms with Crippen molar-refractivity contribution < 1.29 is 5.11 Å². The summed E-state index contributed by atoms with van der Waals surface area (Å²) in [5.41, 5.74) is 6.73. The zero-order chi connectivity index (χ0) is 15.5. The van der Waals surface area contributed by atoms with Crippen LogP contribution in [-0.4, -0.2) is 15.3 Å². The molecule has 0 saturated heterocycles. The van der Waals surface area contributed by atoms with Crippen molar-refractivity contribution >= 4 is 0 Å². The molecule has 3 rings (SSSR count). The molecule has 0 fully saturated rings. The van der Waals surface area contributed by atoms with Gasteiger partial charge in [-0.15, -0.1) is 10.2 Å². The molecule has 0 aliphatic carbocycles. The largest absolute Gasteiger partial charge is 0.392 e. The van der Waals surface area contributed by atoms with Crippen LogP contribution in [0, 0.1) is 13.8 Å². The van der Waals surface area contributed by atoms with E-state index < -0.39 is 0 Å². The molecule has 0 unspecified atom stereocenters. The quantitative estimate of drug-likeness (QED) is 0.795. The van der Waals surface area contributed by atoms with Gasteiger partial charge < -0.3 is 5.11 Å². The number of aromatic nitrogens is 2. The molecule has 0 amide bonds. The fraction of sp³-hybridized carbons (Fsp3) is 0.158. The highest BCUT2D eigenvalue weighted by Gasteiger charge is 2.10. The molecular formula is C19H18N2O. The van der Waals surface area contributed by atoms with Crippen molar-refractivity contribution in [2.24, 2.45) is 0 Å². The Morgan fingerprint density at radius 1 is 0.818 bits per heavy atom. The standard InChI is InChI=1S/C19H18N2O/c1-13-8-9-16(10-14(13)2)19-17(12-22)11-18(20-21-19)15-6-4-3-5-7-15/h3-11,22H,12H2,1-2H3. The molecule has 1 N–H and O–H groups in total. The SMILES string of the molecule is Cc1ccc(-c2nnc(-c3ccccc3)cc2CO)cc1C. The van der Waals surface area contributed by atoms with Crippen LogP contribution in [-0.2, 0) is 6.61 Å². The second kappa shape index (κ2) is 6.08. The Labute approximate surface area is 130 Å². The van der Waals surface area contributed by atoms with Crippen molar-refractivity contribution in [3.8, 4) is 22.5 Å². The molecule has 0 aliphatic rings. The average Bonchev–Trinajstić information content (AvgIpc) is 2.57. The minimum atomic E-state index is -0.0579. The maximum Gasteiger partial charge on any atom is 0.0985 e. The minimum Gasteiger partial charge on any atom is -0.392 e. The van der Waals surface area contributed by atoms with E-state index in [-0.39, 0.29) is 6.61 Å². The fourth-order valence-corrected chi connectivity index (χ4v) is 2.43. The Kier molecular flexibility index (Phi) is 3.98. The van der Waals surface area contributed by atoms with Gasteiger partial charge in [-0.1, -0.05) is 42.5 Å². The van der Waals surface area contributed by atoms with Crippen molar-refractivity contribution in [3.63, 3.8) is 0 Å². The van der Waals surface area contributed by atoms with Gasteiger partial charge in [-0.3, -0.25) is 0 Å². The Morgan fingerprint density at radius 2 is 1.59 bits per heavy atom. The summed E-state index contributed by atoms with van der Waals surface area (Å²) >= 11 is 0. The smallest absolute Gasteiger partial charge is 0.0985 e. The first-order chi connectivity index (χ1) is 10.7. The Balaban J connectivity index is 2.08. The van der Waals surface area contributed by atoms with E-state index in [1.54, 1.807) is 0 Å². The summed E-state index contributed by atoms with van der Waals surface area (Å²) in [6.45, 7) is 4.09. The number of aryl methyl sites for hydroxylation is 2. The summed E-state index contributed by atoms with van der Waals surface area (Å²) in [5.74, 6) is 0. The summed E-state index contributed by atoms with van der Waals surface area (Å²) in [6, 6.07) is 18.0. The second-order valence-electron chi connectivity index (χ2n) is 5.43. The fourth-order valence-electron chi connectivity index (χ4n) is 2.43. The number of hydrogen-bond acceptors (Lipinski definition) is 3. The number of rotatable bonds is 3. The number of nitrogens with zero attached hydrogens (tertiary/aromatic N) is 2. The third kappa shape index (κ3) is 2.76. The van der Waals surface area contributed by atoms with Crippen molar-refractivity contribution in [3.05, 3.63) is 71.3 Å². The molecule has 22 heavy (non-hydrogen) atoms. The summed E-state index contributed by atoms with van der Waals surface area (Å²) < 4.78 is 0. The summed E-state index contributed by atoms with van der Waals surface area (Å²) in [4.78, 5) is 0. The van der Waals surface area contributed by atoms with Gasteiger partial charge in [-0.2, -0.15) is 0 Å². The highest BCUT2D eigenvalue weighted by molar-refractivity contribution is 5.68. The van der Waals surface area contributed by atoms with Gasteiger partial charge in [0.2, 0.25) is 0 Å². The molecule has 3 aromatic rings. The molecule has 1 heterocycles. The van der Waals surface area contributed by atoms with E-state index in [2.05, 4.69) is 36.2 Å². The van der Waals surface area contributed by atoms with Crippen LogP contribution in [0.5, 0.6) is 0 Å². The van der Waals surface area contributed by atoms with Crippen LogP contribution in [0.3, 0.4) is 0 Å². The molecule has 1 aromatic heterocycles. The Hall–Kier alpha value is -2.52. The van der Waals surface area contributed by atoms with E-state index in [4.69, 9.17) is 0 Å². The lowest BCUT2D eigenvalue weighted by Gasteiger charge is -2.10. The van der Waals surface area contributed by atoms with Gasteiger partial charge in [0, 0.05) is 16.7 Å². The predicted octanol–water partition coefficient (Wildman–Crippen LogP) is 3.92. The van der Waals surface area contributed by atoms with Crippen LogP contribution in [0.2, 0.25) is 0 Å². The molecule has 0 radical (unpaired) electrons. The molecule has 3 heteroatoms. The number of aliphatic hydroxyl groups excluding tert-OH is 1. The van der Waals surface area contributed by atoms with Gasteiger partial charge in [-0.25, -0.2) is 0 Å². The molecular weight excluding hydrogens is 272 g/mol. The zero-order valence-corrected chi connectivity index (χ0v) is 12.7. The highest BCUT2D eigenvalue weighted by atomic mass is 16.3. The average molecular weight is 290 g/mol. The van der Waals surface area contributed by atoms with E-state index in [1.807, 2.05) is 42.5 Å². The van der Waals surface area contributed by atoms with Crippen LogP contribution in [0.25, 0.3) is 22.5 Å². The van der Waals surface area contributed by atoms with E-state index in [0.717, 1.165) is 28.1 Å². The third-order valence-corrected chi connectivity index (χ3v) is 3.89. The predicted molar refractivity (Wildman–Crippen MR) is 88.3 cm³/mol. The van der Waals surface area contributed by atoms with E-state index in [1.165, 1.54) is 11.1 Å². The summed E-state index contributed by atoms with van der Waals surface area (Å²) in [7, 11) is 0. The van der Waals surface area contributed by atoms with Gasteiger partial charge in [0.15, 0.2) is 0 Å². The van der Waals surface area contributed by atoms with E-state index in [0.29, 0.717) is 0 Å². The second-order valence-corrected chi connectivity index (χ2v) is 5.43. The first-order valence-corrected chi connectivity index (χ1v) is 7.29. The molecule has 2 aromatic carbocycles. The Bertz CT molecular complexity index is 798. The molecule has 0 spiro atoms. The van der Waals surface area contributed by atoms with Crippen LogP contribution in [0.4, 0.5) is 0 Å². The highest BCUT2D eigenvalue weighted by Crippen LogP contribution is 2.26. The Morgan fingerprint density at radius 3 is 2.27 bits per heavy atom. The van der Waals surface area contributed by atoms with Gasteiger partial charge in [0.1, 0.15) is 0 Å². The summed E-state index contributed by atoms with van der Waals surface area (Å²) in [6.07, 6.45) is 0. The van der Waals surface area contributed by atoms with Gasteiger partial charge in [0.05, 0.1) is 18.0 Å². The van der Waals surface area contributed by atoms with Crippen LogP contribution >= 0.6 is 0 Å². The third-order valence-electron chi connectivity index (χ3n) is 3.89. The van der Waals surface area contributed by atoms with Gasteiger partial charge in [-0.05, 0) is 37.1 Å². The zero-order valence-electron chi connectivity index (χ0n) is 12.7. The summed E-state index contributed by atoms with van der Waals surface area (Å²) in [5, 5.41) is 18.4. The van der Waals surface area contributed by atoms with Gasteiger partial charge >= 0.3 is 0 Å². The number of aliphatic hydroxyl groups is 1. The molecule has 0 atom stereocenters. The number of benzene rings is 2. The molecule has 0 aliphatic heterocycles. The van der Waals surface area contributed by atoms with Crippen LogP contribution < -0.4 is 0 Å². The lowest BCUT2D eigenvalue weighted by atomic mass is 10.0. The molecule has 0 bridgehead atoms. The monoisotopic (exact) mass is 290 g/mol. The normalized spacial score (nSPS) is 10.7. The van der Waals surface area contributed by atoms with E-state index in [9.17, 15) is 5.11 Å². The van der Waals surface area contributed by atoms with Crippen molar-refractivity contribution in [1.82, 2.24) is 10.2 Å². The van der Waals surface area contributed by atoms with Crippen molar-refractivity contribution in [1.29, 1.82) is 0 Å². The maximum atomic E-state index is 9.71. The molecule has 110 valence electrons. The molecule has 3 nitrogen and oxygen atoms in total. The van der Waals surface area contributed by atoms with Crippen molar-refractivity contribution in [2.75, 3.05) is 0 Å². The first kappa shape index (κ1) is 14.4. The van der Waals surface area contributed by atoms with Crippen molar-refractivity contribution in [2.45, 2.75) is 20.5 Å². The minimum absolute atomic E-state index is 0.0579. The van der Waals surface area contributed by atoms with E-state index >= 15 is 0 Å². The van der Waals surface area contributed by atoms with Crippen LogP contribution in [0.1, 0.15) is 16.7 Å². The van der Waals surface area contributed by atoms with Crippen LogP contribution in [0.15, 0.2) is 54.6 Å². The number of hydrogen-bond donors (Lipinski definition) is 1. The lowest BCUT2D eigenvalue weighted by molar-refractivity contribution is 0.282. The maximum absolute atomic E-state index is 9.71. The lowest BCUT2D eigenvalue weighted by Crippen LogP contribution is -1.99.